The number of hydrogen-bond acceptors (Lipinski definition) is 35. The van der Waals surface area contributed by atoms with Crippen LogP contribution in [0.2, 0.25) is 0 Å². The van der Waals surface area contributed by atoms with Gasteiger partial charge in [-0.1, -0.05) is 76.4 Å². The lowest BCUT2D eigenvalue weighted by atomic mass is 9.94. The van der Waals surface area contributed by atoms with Crippen molar-refractivity contribution >= 4 is 0 Å². The molecule has 118 heavy (non-hydrogen) atoms. The Kier molecular flexibility index (Phi) is 47.3. The zero-order chi connectivity index (χ0) is 85.0. The summed E-state index contributed by atoms with van der Waals surface area (Å²) in [5, 5.41) is 0. The number of ether oxygens (including phenoxy) is 35. The highest BCUT2D eigenvalue weighted by atomic mass is 16.8. The first-order valence-electron chi connectivity index (χ1n) is 42.1. The van der Waals surface area contributed by atoms with Gasteiger partial charge in [-0.15, -0.1) is 13.2 Å². The minimum Gasteiger partial charge on any atom is -0.382 e. The van der Waals surface area contributed by atoms with Gasteiger partial charge in [-0.2, -0.15) is 0 Å². The van der Waals surface area contributed by atoms with E-state index in [9.17, 15) is 0 Å². The fourth-order valence-electron chi connectivity index (χ4n) is 17.7. The summed E-state index contributed by atoms with van der Waals surface area (Å²) in [6.45, 7) is 8.39. The van der Waals surface area contributed by atoms with E-state index in [1.165, 1.54) is 92.4 Å². The lowest BCUT2D eigenvalue weighted by Gasteiger charge is -2.52. The molecule has 35 atom stereocenters. The maximum atomic E-state index is 7.29. The highest BCUT2D eigenvalue weighted by molar-refractivity contribution is 5.05. The summed E-state index contributed by atoms with van der Waals surface area (Å²) in [4.78, 5) is 0. The average Bonchev–Trinajstić information content (AvgIpc) is 0.768. The minimum absolute atomic E-state index is 0.00406. The number of unbranched alkanes of at least 4 members (excludes halogenated alkanes) is 14. The van der Waals surface area contributed by atoms with E-state index in [0.29, 0.717) is 13.2 Å². The molecule has 14 bridgehead atoms. The van der Waals surface area contributed by atoms with Crippen LogP contribution in [0.25, 0.3) is 0 Å². The lowest BCUT2D eigenvalue weighted by molar-refractivity contribution is -0.403. The lowest BCUT2D eigenvalue weighted by Crippen LogP contribution is -2.69. The number of rotatable bonds is 48. The van der Waals surface area contributed by atoms with Crippen LogP contribution in [0.4, 0.5) is 0 Å². The van der Waals surface area contributed by atoms with Crippen molar-refractivity contribution in [2.75, 3.05) is 195 Å². The predicted molar refractivity (Wildman–Crippen MR) is 421 cm³/mol. The van der Waals surface area contributed by atoms with Gasteiger partial charge in [0, 0.05) is 148 Å². The van der Waals surface area contributed by atoms with Crippen LogP contribution in [-0.4, -0.2) is 409 Å². The van der Waals surface area contributed by atoms with Crippen LogP contribution < -0.4 is 0 Å². The Labute approximate surface area is 700 Å². The van der Waals surface area contributed by atoms with Crippen LogP contribution in [0.5, 0.6) is 0 Å². The molecule has 21 rings (SSSR count). The zero-order valence-corrected chi connectivity index (χ0v) is 73.7. The Morgan fingerprint density at radius 1 is 0.186 bits per heavy atom. The van der Waals surface area contributed by atoms with E-state index >= 15 is 0 Å². The van der Waals surface area contributed by atoms with Gasteiger partial charge in [-0.3, -0.25) is 0 Å². The van der Waals surface area contributed by atoms with E-state index in [0.717, 1.165) is 103 Å². The van der Waals surface area contributed by atoms with Crippen LogP contribution in [0.15, 0.2) is 25.3 Å². The summed E-state index contributed by atoms with van der Waals surface area (Å²) in [6.07, 6.45) is -15.6. The fourth-order valence-corrected chi connectivity index (χ4v) is 17.7. The van der Waals surface area contributed by atoms with Gasteiger partial charge in [0.25, 0.3) is 0 Å². The van der Waals surface area contributed by atoms with E-state index in [2.05, 4.69) is 13.2 Å². The van der Waals surface area contributed by atoms with Gasteiger partial charge in [0.15, 0.2) is 44.0 Å². The first-order chi connectivity index (χ1) is 57.7. The van der Waals surface area contributed by atoms with Gasteiger partial charge in [-0.25, -0.2) is 0 Å². The molecule has 21 fully saturated rings. The third-order valence-corrected chi connectivity index (χ3v) is 23.6. The van der Waals surface area contributed by atoms with Crippen LogP contribution >= 0.6 is 0 Å². The molecule has 0 aromatic rings. The summed E-state index contributed by atoms with van der Waals surface area (Å²) in [5.41, 5.74) is 0. The molecule has 35 nitrogen and oxygen atoms in total. The normalized spacial score (nSPS) is 40.2. The molecule has 690 valence electrons. The van der Waals surface area contributed by atoms with Gasteiger partial charge in [0.05, 0.1) is 46.2 Å². The van der Waals surface area contributed by atoms with E-state index < -0.39 is 215 Å². The molecule has 0 aromatic carbocycles. The van der Waals surface area contributed by atoms with Crippen molar-refractivity contribution in [3.63, 3.8) is 0 Å². The van der Waals surface area contributed by atoms with Crippen molar-refractivity contribution in [2.24, 2.45) is 0 Å². The molecule has 0 amide bonds. The highest BCUT2D eigenvalue weighted by Crippen LogP contribution is 2.44. The van der Waals surface area contributed by atoms with Crippen molar-refractivity contribution in [1.82, 2.24) is 0 Å². The Hall–Kier alpha value is -1.92. The molecule has 0 spiro atoms. The second-order valence-corrected chi connectivity index (χ2v) is 30.8. The molecule has 21 heterocycles. The summed E-state index contributed by atoms with van der Waals surface area (Å²) in [6, 6.07) is 0. The third kappa shape index (κ3) is 26.4. The second-order valence-electron chi connectivity index (χ2n) is 30.8. The molecule has 21 saturated heterocycles. The highest BCUT2D eigenvalue weighted by Gasteiger charge is 2.62. The van der Waals surface area contributed by atoms with Crippen molar-refractivity contribution in [3.05, 3.63) is 25.3 Å². The SMILES string of the molecule is C=CCCCCCCCCCOC[C@H]1O[C@@H]2O[C@H]3[C@@H](OC)[C@H](OC)[C@@H](O[C@H]4[C@@H](OC)[C@@H](OC)[C@@H](O[C@H]5[C@H](OC)[C@@H](OC)[C@@H](O[C@H]6[C@H](OC)[C@@H](OC)[C@@H](O[C@H]7[C@H](OC)[C@@H](OC)[C@@H](O[C@H]8[C@H](OC)[C@@H](OC)[C@@H](O[C@H]1[C@H](OC)[C@H]2OC)O[C@@H]8COC)O[C@@H]7COC)O[C@@H]6COC)O[C@@H]5COC)O[C@@H]4COCCCCCCCCCC=C)O[C@@H]3COC. The van der Waals surface area contributed by atoms with Gasteiger partial charge >= 0.3 is 0 Å². The molecule has 35 heteroatoms. The van der Waals surface area contributed by atoms with Crippen LogP contribution in [0, 0.1) is 0 Å². The molecule has 0 unspecified atom stereocenters. The number of allylic oxidation sites excluding steroid dienone is 2. The first-order valence-corrected chi connectivity index (χ1v) is 42.1. The quantitative estimate of drug-likeness (QED) is 0.0508. The largest absolute Gasteiger partial charge is 0.382 e. The van der Waals surface area contributed by atoms with E-state index in [1.807, 2.05) is 12.2 Å². The summed E-state index contributed by atoms with van der Waals surface area (Å²) in [5.74, 6) is 0. The molecular weight excluding hydrogens is 1560 g/mol. The van der Waals surface area contributed by atoms with Gasteiger partial charge in [0.1, 0.15) is 171 Å². The Balaban J connectivity index is 1.23. The molecule has 0 aliphatic carbocycles. The molecular formula is C83H148O35. The number of methoxy groups -OCH3 is 19. The topological polar surface area (TPSA) is 323 Å². The van der Waals surface area contributed by atoms with Crippen LogP contribution in [0.1, 0.15) is 103 Å². The molecule has 0 saturated carbocycles. The van der Waals surface area contributed by atoms with E-state index in [-0.39, 0.29) is 46.2 Å². The van der Waals surface area contributed by atoms with Gasteiger partial charge in [-0.05, 0) is 38.5 Å². The predicted octanol–water partition coefficient (Wildman–Crippen LogP) is 5.86. The zero-order valence-electron chi connectivity index (χ0n) is 73.7. The minimum atomic E-state index is -1.24. The van der Waals surface area contributed by atoms with E-state index in [1.54, 1.807) is 42.7 Å². The van der Waals surface area contributed by atoms with Gasteiger partial charge in [0.2, 0.25) is 0 Å². The standard InChI is InChI=1S/C83H148O35/c1-22-24-26-28-30-32-34-36-38-40-103-47-54-61-68(94-13)76(102-21)83(111-54)116-60-53(46-88-7)109-81(74(100-19)67(60)93-12)118-62-55(48-104-41-39-37-35-33-31-29-27-25-23-2)110-82(75(101-20)69(62)95-14)115-59-52(45-87-6)107-79(72(98-17)66(59)92-11)113-57-50(43-85-4)105-77(70(96-15)64(57)90-9)112-56-49(42-84-3)106-78(71(97-16)63(56)89-8)114-58-51(44-86-5)108-80(117-61)73(99-18)65(58)91-10/h22-23,49-83H,1-2,24-48H2,3-21H3/t49-,50-,51-,52-,53-,54-,55-,56-,57-,58-,59-,60-,61-,62-,63+,64+,65+,66+,67-,68+,69-,70-,71-,72-,73-,74+,75-,76-,77-,78-,79-,80-,81-,82-,83-/m1/s1. The Morgan fingerprint density at radius 2 is 0.339 bits per heavy atom. The smallest absolute Gasteiger partial charge is 0.187 e. The molecule has 0 N–H and O–H groups in total. The fraction of sp³-hybridized carbons (Fsp3) is 0.952. The molecule has 21 aliphatic heterocycles. The molecule has 21 aliphatic rings. The maximum absolute atomic E-state index is 7.29. The second kappa shape index (κ2) is 55.0. The first kappa shape index (κ1) is 101. The molecule has 0 aromatic heterocycles. The summed E-state index contributed by atoms with van der Waals surface area (Å²) in [7, 11) is 29.2. The summed E-state index contributed by atoms with van der Waals surface area (Å²) >= 11 is 0. The van der Waals surface area contributed by atoms with Crippen molar-refractivity contribution < 1.29 is 166 Å². The Bertz CT molecular complexity index is 2590. The monoisotopic (exact) mass is 1700 g/mol. The van der Waals surface area contributed by atoms with Gasteiger partial charge < -0.3 is 166 Å². The van der Waals surface area contributed by atoms with E-state index in [4.69, 9.17) is 166 Å². The van der Waals surface area contributed by atoms with Crippen molar-refractivity contribution in [2.45, 2.75) is 318 Å². The Morgan fingerprint density at radius 3 is 0.492 bits per heavy atom. The average molecular weight is 1710 g/mol. The summed E-state index contributed by atoms with van der Waals surface area (Å²) < 4.78 is 233. The van der Waals surface area contributed by atoms with Crippen LogP contribution in [-0.2, 0) is 166 Å². The third-order valence-electron chi connectivity index (χ3n) is 23.6. The maximum Gasteiger partial charge on any atom is 0.187 e. The van der Waals surface area contributed by atoms with Crippen molar-refractivity contribution in [3.8, 4) is 0 Å². The van der Waals surface area contributed by atoms with Crippen molar-refractivity contribution in [1.29, 1.82) is 0 Å². The van der Waals surface area contributed by atoms with Crippen LogP contribution in [0.3, 0.4) is 0 Å². The number of hydrogen-bond donors (Lipinski definition) is 0. The molecule has 0 radical (unpaired) electrons.